The van der Waals surface area contributed by atoms with Crippen molar-refractivity contribution in [2.24, 2.45) is 0 Å². The molecular formula is C8H12N4O. The molecular weight excluding hydrogens is 168 g/mol. The molecule has 1 aliphatic carbocycles. The Morgan fingerprint density at radius 1 is 1.46 bits per heavy atom. The summed E-state index contributed by atoms with van der Waals surface area (Å²) < 4.78 is 0. The lowest BCUT2D eigenvalue weighted by Gasteiger charge is -2.13. The summed E-state index contributed by atoms with van der Waals surface area (Å²) in [5, 5.41) is 19.7. The van der Waals surface area contributed by atoms with Gasteiger partial charge in [0.05, 0.1) is 12.1 Å². The van der Waals surface area contributed by atoms with Gasteiger partial charge in [-0.2, -0.15) is 0 Å². The highest BCUT2D eigenvalue weighted by Gasteiger charge is 2.42. The van der Waals surface area contributed by atoms with Crippen molar-refractivity contribution < 1.29 is 5.11 Å². The van der Waals surface area contributed by atoms with Crippen molar-refractivity contribution in [3.8, 4) is 0 Å². The minimum absolute atomic E-state index is 0.138. The van der Waals surface area contributed by atoms with Gasteiger partial charge in [-0.3, -0.25) is 0 Å². The number of nitrogens with two attached hydrogens (primary N) is 1. The molecule has 13 heavy (non-hydrogen) atoms. The second-order valence-electron chi connectivity index (χ2n) is 3.41. The molecule has 0 spiro atoms. The van der Waals surface area contributed by atoms with Gasteiger partial charge >= 0.3 is 0 Å². The summed E-state index contributed by atoms with van der Waals surface area (Å²) in [6.07, 6.45) is 1.96. The molecule has 1 aromatic rings. The number of aromatic nitrogens is 2. The van der Waals surface area contributed by atoms with E-state index in [0.717, 1.165) is 12.8 Å². The van der Waals surface area contributed by atoms with Crippen LogP contribution in [0.1, 0.15) is 12.8 Å². The van der Waals surface area contributed by atoms with E-state index in [-0.39, 0.29) is 12.1 Å². The predicted molar refractivity (Wildman–Crippen MR) is 49.1 cm³/mol. The topological polar surface area (TPSA) is 84.1 Å². The Kier molecular flexibility index (Phi) is 1.81. The van der Waals surface area contributed by atoms with Crippen molar-refractivity contribution in [2.45, 2.75) is 18.4 Å². The summed E-state index contributed by atoms with van der Waals surface area (Å²) in [5.41, 5.74) is 5.24. The number of rotatable bonds is 3. The second-order valence-corrected chi connectivity index (χ2v) is 3.41. The highest BCUT2D eigenvalue weighted by atomic mass is 16.3. The van der Waals surface area contributed by atoms with Gasteiger partial charge in [0.2, 0.25) is 0 Å². The molecule has 1 aromatic heterocycles. The Hall–Kier alpha value is -1.36. The van der Waals surface area contributed by atoms with E-state index in [1.807, 2.05) is 0 Å². The maximum Gasteiger partial charge on any atom is 0.149 e. The van der Waals surface area contributed by atoms with E-state index in [1.54, 1.807) is 12.1 Å². The first-order valence-corrected chi connectivity index (χ1v) is 4.22. The first-order chi connectivity index (χ1) is 6.24. The van der Waals surface area contributed by atoms with Crippen LogP contribution in [0.15, 0.2) is 12.1 Å². The summed E-state index contributed by atoms with van der Waals surface area (Å²) in [7, 11) is 0. The zero-order chi connectivity index (χ0) is 9.31. The summed E-state index contributed by atoms with van der Waals surface area (Å²) in [4.78, 5) is 0. The van der Waals surface area contributed by atoms with Gasteiger partial charge in [-0.05, 0) is 25.0 Å². The van der Waals surface area contributed by atoms with Crippen LogP contribution in [0.2, 0.25) is 0 Å². The number of nitrogen functional groups attached to an aromatic ring is 1. The van der Waals surface area contributed by atoms with Crippen LogP contribution < -0.4 is 11.1 Å². The number of aliphatic hydroxyl groups excluding tert-OH is 1. The van der Waals surface area contributed by atoms with Gasteiger partial charge in [0.15, 0.2) is 0 Å². The molecule has 0 unspecified atom stereocenters. The van der Waals surface area contributed by atoms with Gasteiger partial charge in [0.25, 0.3) is 0 Å². The summed E-state index contributed by atoms with van der Waals surface area (Å²) in [6.45, 7) is 0.138. The minimum Gasteiger partial charge on any atom is -0.394 e. The summed E-state index contributed by atoms with van der Waals surface area (Å²) in [6, 6.07) is 3.45. The third kappa shape index (κ3) is 1.70. The summed E-state index contributed by atoms with van der Waals surface area (Å²) in [5.74, 6) is 1.07. The van der Waals surface area contributed by atoms with E-state index in [4.69, 9.17) is 10.8 Å². The number of nitrogens with zero attached hydrogens (tertiary/aromatic N) is 2. The van der Waals surface area contributed by atoms with Crippen molar-refractivity contribution in [3.63, 3.8) is 0 Å². The monoisotopic (exact) mass is 180 g/mol. The zero-order valence-electron chi connectivity index (χ0n) is 7.20. The molecule has 0 aliphatic heterocycles. The smallest absolute Gasteiger partial charge is 0.149 e. The number of hydrogen-bond acceptors (Lipinski definition) is 5. The lowest BCUT2D eigenvalue weighted by atomic mass is 10.3. The Balaban J connectivity index is 2.06. The Morgan fingerprint density at radius 3 is 2.69 bits per heavy atom. The van der Waals surface area contributed by atoms with Gasteiger partial charge in [0, 0.05) is 0 Å². The van der Waals surface area contributed by atoms with Gasteiger partial charge in [-0.15, -0.1) is 10.2 Å². The van der Waals surface area contributed by atoms with E-state index < -0.39 is 0 Å². The lowest BCUT2D eigenvalue weighted by Crippen LogP contribution is -2.26. The molecule has 2 rings (SSSR count). The van der Waals surface area contributed by atoms with Crippen LogP contribution in [0, 0.1) is 0 Å². The molecule has 1 aliphatic rings. The van der Waals surface area contributed by atoms with Crippen LogP contribution in [0.3, 0.4) is 0 Å². The van der Waals surface area contributed by atoms with Gasteiger partial charge < -0.3 is 16.2 Å². The molecule has 0 radical (unpaired) electrons. The maximum absolute atomic E-state index is 9.04. The molecule has 0 amide bonds. The number of anilines is 2. The quantitative estimate of drug-likeness (QED) is 0.609. The van der Waals surface area contributed by atoms with Crippen LogP contribution in [-0.4, -0.2) is 27.4 Å². The largest absolute Gasteiger partial charge is 0.394 e. The molecule has 5 nitrogen and oxygen atoms in total. The van der Waals surface area contributed by atoms with Crippen LogP contribution >= 0.6 is 0 Å². The highest BCUT2D eigenvalue weighted by Crippen LogP contribution is 2.37. The highest BCUT2D eigenvalue weighted by molar-refractivity contribution is 5.42. The Labute approximate surface area is 76.0 Å². The van der Waals surface area contributed by atoms with Gasteiger partial charge in [-0.25, -0.2) is 0 Å². The molecule has 5 heteroatoms. The number of hydrogen-bond donors (Lipinski definition) is 3. The molecule has 4 N–H and O–H groups in total. The van der Waals surface area contributed by atoms with Crippen LogP contribution in [0.5, 0.6) is 0 Å². The standard InChI is InChI=1S/C8H12N4O/c9-6-1-2-7(12-11-6)10-8(5-13)3-4-8/h1-2,13H,3-5H2,(H2,9,11)(H,10,12). The van der Waals surface area contributed by atoms with Crippen LogP contribution in [-0.2, 0) is 0 Å². The molecule has 0 aromatic carbocycles. The average molecular weight is 180 g/mol. The van der Waals surface area contributed by atoms with E-state index in [9.17, 15) is 0 Å². The van der Waals surface area contributed by atoms with Crippen molar-refractivity contribution in [2.75, 3.05) is 17.7 Å². The number of aliphatic hydroxyl groups is 1. The van der Waals surface area contributed by atoms with Crippen LogP contribution in [0.4, 0.5) is 11.6 Å². The van der Waals surface area contributed by atoms with Gasteiger partial charge in [-0.1, -0.05) is 0 Å². The third-order valence-corrected chi connectivity index (χ3v) is 2.23. The fourth-order valence-electron chi connectivity index (χ4n) is 1.15. The van der Waals surface area contributed by atoms with Crippen molar-refractivity contribution in [3.05, 3.63) is 12.1 Å². The van der Waals surface area contributed by atoms with E-state index in [1.165, 1.54) is 0 Å². The molecule has 0 saturated heterocycles. The van der Waals surface area contributed by atoms with Gasteiger partial charge in [0.1, 0.15) is 11.6 Å². The molecule has 0 bridgehead atoms. The first kappa shape index (κ1) is 8.25. The number of nitrogens with one attached hydrogen (secondary N) is 1. The minimum atomic E-state index is -0.148. The predicted octanol–water partition coefficient (Wildman–Crippen LogP) is -0.00440. The van der Waals surface area contributed by atoms with Crippen molar-refractivity contribution >= 4 is 11.6 Å². The fourth-order valence-corrected chi connectivity index (χ4v) is 1.15. The van der Waals surface area contributed by atoms with E-state index in [2.05, 4.69) is 15.5 Å². The van der Waals surface area contributed by atoms with Crippen molar-refractivity contribution in [1.82, 2.24) is 10.2 Å². The summed E-state index contributed by atoms with van der Waals surface area (Å²) >= 11 is 0. The molecule has 1 heterocycles. The molecule has 0 atom stereocenters. The zero-order valence-corrected chi connectivity index (χ0v) is 7.20. The second kappa shape index (κ2) is 2.85. The average Bonchev–Trinajstić information content (AvgIpc) is 2.90. The third-order valence-electron chi connectivity index (χ3n) is 2.23. The van der Waals surface area contributed by atoms with E-state index >= 15 is 0 Å². The normalized spacial score (nSPS) is 18.2. The lowest BCUT2D eigenvalue weighted by molar-refractivity contribution is 0.266. The Bertz CT molecular complexity index is 294. The fraction of sp³-hybridized carbons (Fsp3) is 0.500. The van der Waals surface area contributed by atoms with E-state index in [0.29, 0.717) is 11.6 Å². The molecule has 1 saturated carbocycles. The van der Waals surface area contributed by atoms with Crippen molar-refractivity contribution in [1.29, 1.82) is 0 Å². The van der Waals surface area contributed by atoms with Crippen LogP contribution in [0.25, 0.3) is 0 Å². The molecule has 1 fully saturated rings. The first-order valence-electron chi connectivity index (χ1n) is 4.22. The SMILES string of the molecule is Nc1ccc(NC2(CO)CC2)nn1. The molecule has 70 valence electrons. The Morgan fingerprint density at radius 2 is 2.23 bits per heavy atom. The maximum atomic E-state index is 9.04.